The summed E-state index contributed by atoms with van der Waals surface area (Å²) in [5.74, 6) is 1.96. The van der Waals surface area contributed by atoms with Crippen LogP contribution in [-0.2, 0) is 11.3 Å². The molecule has 9 heteroatoms. The zero-order valence-corrected chi connectivity index (χ0v) is 20.9. The number of esters is 1. The average molecular weight is 482 g/mol. The Balaban J connectivity index is 1.59. The summed E-state index contributed by atoms with van der Waals surface area (Å²) in [6.45, 7) is 9.52. The number of benzene rings is 1. The molecule has 0 spiro atoms. The number of anilines is 2. The number of hydrogen-bond donors (Lipinski definition) is 1. The van der Waals surface area contributed by atoms with Gasteiger partial charge in [0.25, 0.3) is 0 Å². The van der Waals surface area contributed by atoms with Crippen LogP contribution in [0.4, 0.5) is 10.9 Å². The minimum absolute atomic E-state index is 0.271. The largest absolute Gasteiger partial charge is 0.497 e. The van der Waals surface area contributed by atoms with Gasteiger partial charge in [0.1, 0.15) is 11.3 Å². The molecule has 1 fully saturated rings. The number of aromatic nitrogens is 3. The molecule has 0 atom stereocenters. The number of rotatable bonds is 8. The number of ether oxygens (including phenoxy) is 2. The molecule has 1 N–H and O–H groups in total. The quantitative estimate of drug-likeness (QED) is 0.446. The van der Waals surface area contributed by atoms with Crippen LogP contribution in [0.25, 0.3) is 11.4 Å². The van der Waals surface area contributed by atoms with E-state index in [0.29, 0.717) is 16.8 Å². The van der Waals surface area contributed by atoms with Crippen molar-refractivity contribution < 1.29 is 14.3 Å². The Hall–Kier alpha value is -3.04. The lowest BCUT2D eigenvalue weighted by Crippen LogP contribution is -2.32. The first-order valence-electron chi connectivity index (χ1n) is 11.6. The summed E-state index contributed by atoms with van der Waals surface area (Å²) in [6.07, 6.45) is 3.98. The molecule has 4 rings (SSSR count). The van der Waals surface area contributed by atoms with E-state index in [2.05, 4.69) is 27.1 Å². The Morgan fingerprint density at radius 3 is 2.62 bits per heavy atom. The van der Waals surface area contributed by atoms with Crippen LogP contribution in [0, 0.1) is 12.8 Å². The Labute approximate surface area is 204 Å². The molecular weight excluding hydrogens is 450 g/mol. The van der Waals surface area contributed by atoms with E-state index in [-0.39, 0.29) is 12.2 Å². The van der Waals surface area contributed by atoms with Gasteiger partial charge in [-0.05, 0) is 70.0 Å². The van der Waals surface area contributed by atoms with Crippen molar-refractivity contribution in [2.24, 2.45) is 5.92 Å². The fourth-order valence-corrected chi connectivity index (χ4v) is 4.87. The number of nitrogens with one attached hydrogen (secondary N) is 1. The molecule has 8 nitrogen and oxygen atoms in total. The van der Waals surface area contributed by atoms with Crippen LogP contribution < -0.4 is 10.1 Å². The van der Waals surface area contributed by atoms with Crippen molar-refractivity contribution in [1.29, 1.82) is 0 Å². The first-order chi connectivity index (χ1) is 16.5. The molecule has 0 radical (unpaired) electrons. The number of piperidine rings is 1. The van der Waals surface area contributed by atoms with E-state index in [9.17, 15) is 4.79 Å². The highest BCUT2D eigenvalue weighted by Gasteiger charge is 2.21. The fourth-order valence-electron chi connectivity index (χ4n) is 3.87. The van der Waals surface area contributed by atoms with Gasteiger partial charge in [-0.1, -0.05) is 6.92 Å². The van der Waals surface area contributed by atoms with Crippen molar-refractivity contribution in [3.05, 3.63) is 46.6 Å². The van der Waals surface area contributed by atoms with Crippen molar-refractivity contribution in [3.8, 4) is 17.1 Å². The number of carbonyl (C=O) groups is 1. The second-order valence-electron chi connectivity index (χ2n) is 8.52. The molecule has 1 aliphatic heterocycles. The van der Waals surface area contributed by atoms with Gasteiger partial charge < -0.3 is 14.8 Å². The number of carbonyl (C=O) groups excluding carboxylic acids is 1. The molecule has 1 saturated heterocycles. The van der Waals surface area contributed by atoms with Gasteiger partial charge in [-0.15, -0.1) is 11.3 Å². The molecule has 34 heavy (non-hydrogen) atoms. The van der Waals surface area contributed by atoms with Crippen LogP contribution in [-0.4, -0.2) is 52.6 Å². The third kappa shape index (κ3) is 5.71. The molecule has 1 aromatic carbocycles. The van der Waals surface area contributed by atoms with Crippen LogP contribution in [0.5, 0.6) is 5.75 Å². The predicted molar refractivity (Wildman–Crippen MR) is 134 cm³/mol. The summed E-state index contributed by atoms with van der Waals surface area (Å²) in [7, 11) is 1.62. The molecular formula is C25H31N5O3S. The van der Waals surface area contributed by atoms with E-state index in [4.69, 9.17) is 14.5 Å². The Kier molecular flexibility index (Phi) is 7.74. The van der Waals surface area contributed by atoms with Crippen molar-refractivity contribution in [3.63, 3.8) is 0 Å². The molecule has 180 valence electrons. The van der Waals surface area contributed by atoms with Gasteiger partial charge in [0.15, 0.2) is 16.8 Å². The molecule has 0 unspecified atom stereocenters. The molecule has 3 aromatic rings. The number of likely N-dealkylation sites (tertiary alicyclic amines) is 1. The summed E-state index contributed by atoms with van der Waals surface area (Å²) >= 11 is 1.60. The van der Waals surface area contributed by atoms with E-state index < -0.39 is 5.97 Å². The highest BCUT2D eigenvalue weighted by Crippen LogP contribution is 2.30. The Bertz CT molecular complexity index is 1120. The Morgan fingerprint density at radius 1 is 1.21 bits per heavy atom. The zero-order valence-electron chi connectivity index (χ0n) is 20.1. The number of thiazole rings is 1. The molecule has 0 saturated carbocycles. The predicted octanol–water partition coefficient (Wildman–Crippen LogP) is 5.07. The standard InChI is InChI=1S/C25H31N5O3S/c1-5-33-24(31)20-14-26-22(18-6-8-19(32-4)9-7-18)28-23(20)29-25-27-17(3)21(34-25)15-30-12-10-16(2)11-13-30/h6-9,14,16H,5,10-13,15H2,1-4H3,(H,26,27,28,29). The van der Waals surface area contributed by atoms with Gasteiger partial charge in [0, 0.05) is 23.2 Å². The maximum Gasteiger partial charge on any atom is 0.343 e. The molecule has 0 aliphatic carbocycles. The lowest BCUT2D eigenvalue weighted by molar-refractivity contribution is 0.0526. The first kappa shape index (κ1) is 24.1. The minimum atomic E-state index is -0.470. The summed E-state index contributed by atoms with van der Waals surface area (Å²) in [5, 5.41) is 3.96. The van der Waals surface area contributed by atoms with Crippen molar-refractivity contribution >= 4 is 28.3 Å². The maximum atomic E-state index is 12.6. The van der Waals surface area contributed by atoms with Crippen molar-refractivity contribution in [1.82, 2.24) is 19.9 Å². The second-order valence-corrected chi connectivity index (χ2v) is 9.60. The van der Waals surface area contributed by atoms with Crippen LogP contribution >= 0.6 is 11.3 Å². The minimum Gasteiger partial charge on any atom is -0.497 e. The number of aryl methyl sites for hydroxylation is 1. The van der Waals surface area contributed by atoms with Crippen molar-refractivity contribution in [2.75, 3.05) is 32.1 Å². The first-order valence-corrected chi connectivity index (χ1v) is 12.4. The highest BCUT2D eigenvalue weighted by molar-refractivity contribution is 7.15. The van der Waals surface area contributed by atoms with Gasteiger partial charge in [0.2, 0.25) is 0 Å². The topological polar surface area (TPSA) is 89.5 Å². The summed E-state index contributed by atoms with van der Waals surface area (Å²) in [4.78, 5) is 30.0. The molecule has 1 aliphatic rings. The monoisotopic (exact) mass is 481 g/mol. The second kappa shape index (κ2) is 10.9. The van der Waals surface area contributed by atoms with Gasteiger partial charge >= 0.3 is 5.97 Å². The van der Waals surface area contributed by atoms with Crippen LogP contribution in [0.2, 0.25) is 0 Å². The van der Waals surface area contributed by atoms with E-state index in [1.807, 2.05) is 31.2 Å². The zero-order chi connectivity index (χ0) is 24.1. The Morgan fingerprint density at radius 2 is 1.94 bits per heavy atom. The van der Waals surface area contributed by atoms with Crippen molar-refractivity contribution in [2.45, 2.75) is 40.2 Å². The van der Waals surface area contributed by atoms with Crippen LogP contribution in [0.15, 0.2) is 30.5 Å². The van der Waals surface area contributed by atoms with E-state index in [0.717, 1.165) is 42.6 Å². The van der Waals surface area contributed by atoms with Crippen LogP contribution in [0.1, 0.15) is 47.6 Å². The summed E-state index contributed by atoms with van der Waals surface area (Å²) < 4.78 is 10.5. The summed E-state index contributed by atoms with van der Waals surface area (Å²) in [5.41, 5.74) is 2.08. The van der Waals surface area contributed by atoms with E-state index in [1.54, 1.807) is 25.4 Å². The van der Waals surface area contributed by atoms with Gasteiger partial charge in [-0.25, -0.2) is 19.7 Å². The average Bonchev–Trinajstić information content (AvgIpc) is 3.19. The number of nitrogens with zero attached hydrogens (tertiary/aromatic N) is 4. The number of methoxy groups -OCH3 is 1. The molecule has 2 aromatic heterocycles. The molecule has 0 bridgehead atoms. The van der Waals surface area contributed by atoms with Gasteiger partial charge in [-0.3, -0.25) is 4.90 Å². The number of hydrogen-bond acceptors (Lipinski definition) is 9. The van der Waals surface area contributed by atoms with Gasteiger partial charge in [0.05, 0.1) is 19.4 Å². The fraction of sp³-hybridized carbons (Fsp3) is 0.440. The van der Waals surface area contributed by atoms with E-state index in [1.165, 1.54) is 23.9 Å². The maximum absolute atomic E-state index is 12.6. The highest BCUT2D eigenvalue weighted by atomic mass is 32.1. The van der Waals surface area contributed by atoms with E-state index >= 15 is 0 Å². The molecule has 0 amide bonds. The van der Waals surface area contributed by atoms with Gasteiger partial charge in [-0.2, -0.15) is 0 Å². The SMILES string of the molecule is CCOC(=O)c1cnc(-c2ccc(OC)cc2)nc1Nc1nc(C)c(CN2CCC(C)CC2)s1. The third-order valence-corrected chi connectivity index (χ3v) is 7.05. The lowest BCUT2D eigenvalue weighted by Gasteiger charge is -2.29. The lowest BCUT2D eigenvalue weighted by atomic mass is 9.99. The normalized spacial score (nSPS) is 14.7. The summed E-state index contributed by atoms with van der Waals surface area (Å²) in [6, 6.07) is 7.46. The third-order valence-electron chi connectivity index (χ3n) is 5.99. The van der Waals surface area contributed by atoms with Crippen LogP contribution in [0.3, 0.4) is 0 Å². The smallest absolute Gasteiger partial charge is 0.343 e. The molecule has 3 heterocycles.